The summed E-state index contributed by atoms with van der Waals surface area (Å²) < 4.78 is 5.63. The number of urea groups is 1. The fourth-order valence-electron chi connectivity index (χ4n) is 4.95. The Kier molecular flexibility index (Phi) is 5.23. The van der Waals surface area contributed by atoms with Gasteiger partial charge in [-0.15, -0.1) is 0 Å². The first-order chi connectivity index (χ1) is 14.9. The Morgan fingerprint density at radius 2 is 1.62 bits per heavy atom. The fourth-order valence-corrected chi connectivity index (χ4v) is 4.95. The topological polar surface area (TPSA) is 78.9 Å². The number of nitrogens with one attached hydrogen (secondary N) is 1. The summed E-state index contributed by atoms with van der Waals surface area (Å²) in [5.41, 5.74) is 6.54. The van der Waals surface area contributed by atoms with Gasteiger partial charge < -0.3 is 14.7 Å². The molecule has 0 spiro atoms. The number of carbonyl (C=O) groups is 2. The highest BCUT2D eigenvalue weighted by Gasteiger charge is 2.37. The van der Waals surface area contributed by atoms with Crippen molar-refractivity contribution in [2.75, 3.05) is 13.7 Å². The molecular weight excluding hydrogens is 404 g/mol. The maximum absolute atomic E-state index is 12.0. The number of imide groups is 1. The third-order valence-electron chi connectivity index (χ3n) is 7.12. The van der Waals surface area contributed by atoms with E-state index in [2.05, 4.69) is 52.1 Å². The van der Waals surface area contributed by atoms with E-state index in [1.807, 2.05) is 6.07 Å². The molecule has 6 heteroatoms. The maximum Gasteiger partial charge on any atom is 0.324 e. The molecule has 1 aliphatic carbocycles. The molecule has 0 radical (unpaired) electrons. The van der Waals surface area contributed by atoms with Crippen molar-refractivity contribution >= 4 is 11.9 Å². The highest BCUT2D eigenvalue weighted by Crippen LogP contribution is 2.48. The van der Waals surface area contributed by atoms with E-state index >= 15 is 0 Å². The van der Waals surface area contributed by atoms with Gasteiger partial charge in [0.15, 0.2) is 0 Å². The molecule has 0 unspecified atom stereocenters. The van der Waals surface area contributed by atoms with Crippen molar-refractivity contribution in [1.29, 1.82) is 0 Å². The van der Waals surface area contributed by atoms with Crippen LogP contribution in [0.25, 0.3) is 11.1 Å². The van der Waals surface area contributed by atoms with Crippen LogP contribution >= 0.6 is 0 Å². The lowest BCUT2D eigenvalue weighted by Crippen LogP contribution is -2.34. The Hall–Kier alpha value is -3.02. The van der Waals surface area contributed by atoms with Crippen LogP contribution < -0.4 is 10.1 Å². The van der Waals surface area contributed by atoms with Crippen molar-refractivity contribution in [3.8, 4) is 22.6 Å². The van der Waals surface area contributed by atoms with Gasteiger partial charge in [0.25, 0.3) is 0 Å². The van der Waals surface area contributed by atoms with Crippen LogP contribution in [0.15, 0.2) is 24.3 Å². The second kappa shape index (κ2) is 7.54. The Labute approximate surface area is 189 Å². The second-order valence-electron chi connectivity index (χ2n) is 10.4. The lowest BCUT2D eigenvalue weighted by atomic mass is 9.62. The van der Waals surface area contributed by atoms with Crippen molar-refractivity contribution in [2.24, 2.45) is 0 Å². The van der Waals surface area contributed by atoms with Gasteiger partial charge in [-0.3, -0.25) is 10.1 Å². The van der Waals surface area contributed by atoms with Crippen LogP contribution in [-0.2, 0) is 22.2 Å². The van der Waals surface area contributed by atoms with E-state index in [4.69, 9.17) is 4.74 Å². The monoisotopic (exact) mass is 436 g/mol. The summed E-state index contributed by atoms with van der Waals surface area (Å²) in [4.78, 5) is 25.0. The third kappa shape index (κ3) is 3.72. The molecule has 170 valence electrons. The predicted octanol–water partition coefficient (Wildman–Crippen LogP) is 4.78. The quantitative estimate of drug-likeness (QED) is 0.677. The Morgan fingerprint density at radius 1 is 1.00 bits per heavy atom. The Morgan fingerprint density at radius 3 is 2.19 bits per heavy atom. The number of rotatable bonds is 4. The van der Waals surface area contributed by atoms with Gasteiger partial charge in [-0.25, -0.2) is 4.79 Å². The molecule has 2 aliphatic rings. The molecule has 3 amide bonds. The molecule has 0 aromatic heterocycles. The van der Waals surface area contributed by atoms with E-state index in [0.29, 0.717) is 11.3 Å². The molecule has 1 heterocycles. The van der Waals surface area contributed by atoms with Crippen LogP contribution in [0.5, 0.6) is 11.5 Å². The van der Waals surface area contributed by atoms with Crippen molar-refractivity contribution in [2.45, 2.75) is 64.8 Å². The van der Waals surface area contributed by atoms with E-state index in [1.165, 1.54) is 16.0 Å². The molecule has 2 N–H and O–H groups in total. The first kappa shape index (κ1) is 22.2. The van der Waals surface area contributed by atoms with Crippen LogP contribution in [0, 0.1) is 6.92 Å². The minimum Gasteiger partial charge on any atom is -0.507 e. The normalized spacial score (nSPS) is 19.0. The van der Waals surface area contributed by atoms with Crippen molar-refractivity contribution in [3.63, 3.8) is 0 Å². The number of carbonyl (C=O) groups excluding carboxylic acids is 2. The molecular formula is C26H32N2O4. The summed E-state index contributed by atoms with van der Waals surface area (Å²) in [6.45, 7) is 11.4. The number of amides is 3. The molecule has 32 heavy (non-hydrogen) atoms. The fraction of sp³-hybridized carbons (Fsp3) is 0.462. The number of aryl methyl sites for hydroxylation is 1. The zero-order chi connectivity index (χ0) is 23.4. The molecule has 1 saturated heterocycles. The number of phenols is 1. The highest BCUT2D eigenvalue weighted by molar-refractivity contribution is 6.01. The summed E-state index contributed by atoms with van der Waals surface area (Å²) in [6, 6.07) is 7.59. The molecule has 6 nitrogen and oxygen atoms in total. The number of fused-ring (bicyclic) bond motifs is 1. The molecule has 1 aliphatic heterocycles. The van der Waals surface area contributed by atoms with Gasteiger partial charge in [-0.05, 0) is 65.0 Å². The van der Waals surface area contributed by atoms with Gasteiger partial charge in [0.1, 0.15) is 18.0 Å². The molecule has 4 rings (SSSR count). The van der Waals surface area contributed by atoms with Gasteiger partial charge in [0, 0.05) is 17.2 Å². The van der Waals surface area contributed by atoms with Gasteiger partial charge in [0.2, 0.25) is 5.91 Å². The lowest BCUT2D eigenvalue weighted by molar-refractivity contribution is -0.118. The second-order valence-corrected chi connectivity index (χ2v) is 10.4. The highest BCUT2D eigenvalue weighted by atomic mass is 16.5. The number of aromatic hydroxyl groups is 1. The van der Waals surface area contributed by atoms with Gasteiger partial charge in [-0.1, -0.05) is 33.8 Å². The van der Waals surface area contributed by atoms with E-state index < -0.39 is 6.03 Å². The average molecular weight is 437 g/mol. The lowest BCUT2D eigenvalue weighted by Gasteiger charge is -2.42. The summed E-state index contributed by atoms with van der Waals surface area (Å²) in [7, 11) is 1.59. The average Bonchev–Trinajstić information content (AvgIpc) is 3.03. The van der Waals surface area contributed by atoms with Crippen molar-refractivity contribution in [1.82, 2.24) is 10.2 Å². The number of ether oxygens (including phenoxy) is 1. The van der Waals surface area contributed by atoms with Crippen LogP contribution in [0.3, 0.4) is 0 Å². The molecule has 2 aromatic rings. The Bertz CT molecular complexity index is 1120. The van der Waals surface area contributed by atoms with Crippen LogP contribution in [0.2, 0.25) is 0 Å². The molecule has 0 bridgehead atoms. The minimum atomic E-state index is -0.444. The zero-order valence-electron chi connectivity index (χ0n) is 19.8. The SMILES string of the molecule is COc1cc(O)c(CN2CC(=O)NC2=O)cc1-c1cc2c(cc1C)C(C)(C)CCC2(C)C. The smallest absolute Gasteiger partial charge is 0.324 e. The third-order valence-corrected chi connectivity index (χ3v) is 7.12. The van der Waals surface area contributed by atoms with Crippen LogP contribution in [-0.4, -0.2) is 35.6 Å². The molecule has 0 atom stereocenters. The van der Waals surface area contributed by atoms with E-state index in [1.54, 1.807) is 13.2 Å². The van der Waals surface area contributed by atoms with Crippen molar-refractivity contribution in [3.05, 3.63) is 46.5 Å². The van der Waals surface area contributed by atoms with Gasteiger partial charge in [0.05, 0.1) is 13.7 Å². The summed E-state index contributed by atoms with van der Waals surface area (Å²) in [5.74, 6) is 0.276. The van der Waals surface area contributed by atoms with E-state index in [0.717, 1.165) is 29.5 Å². The Balaban J connectivity index is 1.84. The number of benzene rings is 2. The number of nitrogens with zero attached hydrogens (tertiary/aromatic N) is 1. The first-order valence-electron chi connectivity index (χ1n) is 11.1. The summed E-state index contributed by atoms with van der Waals surface area (Å²) in [5, 5.41) is 12.9. The summed E-state index contributed by atoms with van der Waals surface area (Å²) >= 11 is 0. The minimum absolute atomic E-state index is 0.0131. The molecule has 0 saturated carbocycles. The van der Waals surface area contributed by atoms with Gasteiger partial charge >= 0.3 is 6.03 Å². The number of phenolic OH excluding ortho intramolecular Hbond substituents is 1. The largest absolute Gasteiger partial charge is 0.507 e. The van der Waals surface area contributed by atoms with E-state index in [-0.39, 0.29) is 35.6 Å². The maximum atomic E-state index is 12.0. The van der Waals surface area contributed by atoms with E-state index in [9.17, 15) is 14.7 Å². The van der Waals surface area contributed by atoms with Crippen LogP contribution in [0.4, 0.5) is 4.79 Å². The molecule has 1 fully saturated rings. The first-order valence-corrected chi connectivity index (χ1v) is 11.1. The molecule has 2 aromatic carbocycles. The number of hydrogen-bond acceptors (Lipinski definition) is 4. The predicted molar refractivity (Wildman–Crippen MR) is 124 cm³/mol. The van der Waals surface area contributed by atoms with Gasteiger partial charge in [-0.2, -0.15) is 0 Å². The number of hydrogen-bond donors (Lipinski definition) is 2. The standard InChI is InChI=1S/C26H32N2O4/c1-15-9-19-20(26(4,5)8-7-25(19,2)3)11-17(15)18-10-16(21(29)12-22(18)32-6)13-28-14-23(30)27-24(28)31/h9-12,29H,7-8,13-14H2,1-6H3,(H,27,30,31). The zero-order valence-corrected chi connectivity index (χ0v) is 19.8. The van der Waals surface area contributed by atoms with Crippen LogP contribution in [0.1, 0.15) is 62.8 Å². The summed E-state index contributed by atoms with van der Waals surface area (Å²) in [6.07, 6.45) is 2.26. The van der Waals surface area contributed by atoms with Crippen molar-refractivity contribution < 1.29 is 19.4 Å². The number of methoxy groups -OCH3 is 1.